The van der Waals surface area contributed by atoms with Crippen LogP contribution in [0.4, 0.5) is 0 Å². The number of amides is 1. The molecule has 0 aromatic heterocycles. The zero-order valence-corrected chi connectivity index (χ0v) is 13.0. The molecule has 4 atom stereocenters. The summed E-state index contributed by atoms with van der Waals surface area (Å²) in [5.74, 6) is 0.169. The van der Waals surface area contributed by atoms with Crippen LogP contribution in [-0.2, 0) is 9.53 Å². The summed E-state index contributed by atoms with van der Waals surface area (Å²) in [6.07, 6.45) is 2.80. The summed E-state index contributed by atoms with van der Waals surface area (Å²) in [7, 11) is 0. The topological polar surface area (TPSA) is 58.8 Å². The molecule has 116 valence electrons. The van der Waals surface area contributed by atoms with Crippen molar-refractivity contribution in [2.45, 2.75) is 51.9 Å². The third-order valence-electron chi connectivity index (χ3n) is 4.40. The molecule has 2 aliphatic heterocycles. The molecule has 2 fully saturated rings. The first-order chi connectivity index (χ1) is 9.51. The summed E-state index contributed by atoms with van der Waals surface area (Å²) in [4.78, 5) is 16.9. The van der Waals surface area contributed by atoms with Crippen molar-refractivity contribution in [3.8, 4) is 0 Å². The molecule has 4 unspecified atom stereocenters. The van der Waals surface area contributed by atoms with Crippen molar-refractivity contribution < 1.29 is 9.53 Å². The fourth-order valence-corrected chi connectivity index (χ4v) is 3.43. The lowest BCUT2D eigenvalue weighted by Gasteiger charge is -2.38. The highest BCUT2D eigenvalue weighted by Gasteiger charge is 2.33. The molecule has 0 radical (unpaired) electrons. The molecule has 0 aliphatic carbocycles. The molecule has 20 heavy (non-hydrogen) atoms. The summed E-state index contributed by atoms with van der Waals surface area (Å²) in [5.41, 5.74) is 5.63. The van der Waals surface area contributed by atoms with Gasteiger partial charge in [0.05, 0.1) is 12.2 Å². The Kier molecular flexibility index (Phi) is 5.41. The molecule has 0 bridgehead atoms. The number of carbonyl (C=O) groups excluding carboxylic acids is 1. The molecule has 0 aromatic rings. The third-order valence-corrected chi connectivity index (χ3v) is 4.40. The maximum Gasteiger partial charge on any atom is 0.226 e. The van der Waals surface area contributed by atoms with Gasteiger partial charge >= 0.3 is 0 Å². The zero-order chi connectivity index (χ0) is 14.7. The summed E-state index contributed by atoms with van der Waals surface area (Å²) in [6, 6.07) is 0.356. The summed E-state index contributed by atoms with van der Waals surface area (Å²) >= 11 is 0. The lowest BCUT2D eigenvalue weighted by Crippen LogP contribution is -2.51. The molecule has 5 nitrogen and oxygen atoms in total. The smallest absolute Gasteiger partial charge is 0.226 e. The van der Waals surface area contributed by atoms with Crippen molar-refractivity contribution in [3.63, 3.8) is 0 Å². The average Bonchev–Trinajstić information content (AvgIpc) is 2.83. The first-order valence-corrected chi connectivity index (χ1v) is 7.89. The highest BCUT2D eigenvalue weighted by molar-refractivity contribution is 5.79. The predicted molar refractivity (Wildman–Crippen MR) is 79.4 cm³/mol. The van der Waals surface area contributed by atoms with E-state index in [1.807, 2.05) is 6.92 Å². The number of likely N-dealkylation sites (tertiary alicyclic amines) is 1. The van der Waals surface area contributed by atoms with Crippen molar-refractivity contribution in [2.75, 3.05) is 32.7 Å². The van der Waals surface area contributed by atoms with Crippen molar-refractivity contribution >= 4 is 5.91 Å². The highest BCUT2D eigenvalue weighted by atomic mass is 16.5. The van der Waals surface area contributed by atoms with Crippen molar-refractivity contribution in [2.24, 2.45) is 11.7 Å². The number of morpholine rings is 1. The minimum Gasteiger partial charge on any atom is -0.373 e. The van der Waals surface area contributed by atoms with Crippen LogP contribution in [0, 0.1) is 5.92 Å². The van der Waals surface area contributed by atoms with E-state index >= 15 is 0 Å². The van der Waals surface area contributed by atoms with Gasteiger partial charge in [-0.25, -0.2) is 0 Å². The van der Waals surface area contributed by atoms with E-state index in [1.54, 1.807) is 0 Å². The van der Waals surface area contributed by atoms with Crippen LogP contribution in [0.3, 0.4) is 0 Å². The standard InChI is InChI=1S/C15H29N3O2/c1-11(7-16)15(19)18-6-4-5-14(18)10-17-8-12(2)20-13(3)9-17/h11-14H,4-10,16H2,1-3H3. The summed E-state index contributed by atoms with van der Waals surface area (Å²) in [5, 5.41) is 0. The second-order valence-electron chi connectivity index (χ2n) is 6.44. The molecule has 2 N–H and O–H groups in total. The van der Waals surface area contributed by atoms with Crippen LogP contribution in [0.1, 0.15) is 33.6 Å². The number of rotatable bonds is 4. The zero-order valence-electron chi connectivity index (χ0n) is 13.0. The van der Waals surface area contributed by atoms with Crippen molar-refractivity contribution in [1.82, 2.24) is 9.80 Å². The molecule has 0 aromatic carbocycles. The Morgan fingerprint density at radius 3 is 2.60 bits per heavy atom. The molecule has 1 amide bonds. The monoisotopic (exact) mass is 283 g/mol. The van der Waals surface area contributed by atoms with Crippen molar-refractivity contribution in [1.29, 1.82) is 0 Å². The number of hydrogen-bond donors (Lipinski definition) is 1. The minimum atomic E-state index is -0.0573. The molecule has 2 aliphatic rings. The Balaban J connectivity index is 1.92. The van der Waals surface area contributed by atoms with Gasteiger partial charge in [0.15, 0.2) is 0 Å². The first-order valence-electron chi connectivity index (χ1n) is 7.89. The molecular formula is C15H29N3O2. The molecule has 0 saturated carbocycles. The largest absolute Gasteiger partial charge is 0.373 e. The molecule has 2 saturated heterocycles. The predicted octanol–water partition coefficient (Wildman–Crippen LogP) is 0.681. The van der Waals surface area contributed by atoms with Crippen LogP contribution in [0.25, 0.3) is 0 Å². The highest BCUT2D eigenvalue weighted by Crippen LogP contribution is 2.22. The van der Waals surface area contributed by atoms with Crippen LogP contribution in [0.15, 0.2) is 0 Å². The Morgan fingerprint density at radius 2 is 2.00 bits per heavy atom. The van der Waals surface area contributed by atoms with E-state index in [9.17, 15) is 4.79 Å². The van der Waals surface area contributed by atoms with Crippen LogP contribution < -0.4 is 5.73 Å². The van der Waals surface area contributed by atoms with Gasteiger partial charge in [0.2, 0.25) is 5.91 Å². The average molecular weight is 283 g/mol. The van der Waals surface area contributed by atoms with Gasteiger partial charge in [0.25, 0.3) is 0 Å². The fraction of sp³-hybridized carbons (Fsp3) is 0.933. The molecule has 2 rings (SSSR count). The van der Waals surface area contributed by atoms with Gasteiger partial charge in [0, 0.05) is 44.7 Å². The second kappa shape index (κ2) is 6.87. The van der Waals surface area contributed by atoms with Crippen LogP contribution in [0.2, 0.25) is 0 Å². The van der Waals surface area contributed by atoms with Gasteiger partial charge in [-0.1, -0.05) is 6.92 Å². The number of carbonyl (C=O) groups is 1. The molecule has 2 heterocycles. The van der Waals surface area contributed by atoms with Crippen molar-refractivity contribution in [3.05, 3.63) is 0 Å². The molecular weight excluding hydrogens is 254 g/mol. The maximum atomic E-state index is 12.4. The maximum absolute atomic E-state index is 12.4. The van der Waals surface area contributed by atoms with E-state index in [-0.39, 0.29) is 24.0 Å². The van der Waals surface area contributed by atoms with Gasteiger partial charge < -0.3 is 15.4 Å². The first kappa shape index (κ1) is 15.7. The summed E-state index contributed by atoms with van der Waals surface area (Å²) < 4.78 is 5.77. The normalized spacial score (nSPS) is 33.4. The number of nitrogens with zero attached hydrogens (tertiary/aromatic N) is 2. The molecule has 5 heteroatoms. The lowest BCUT2D eigenvalue weighted by molar-refractivity contribution is -0.136. The van der Waals surface area contributed by atoms with E-state index in [0.717, 1.165) is 39.0 Å². The molecule has 0 spiro atoms. The van der Waals surface area contributed by atoms with Gasteiger partial charge in [0.1, 0.15) is 0 Å². The number of hydrogen-bond acceptors (Lipinski definition) is 4. The number of ether oxygens (including phenoxy) is 1. The SMILES string of the molecule is CC1CN(CC2CCCN2C(=O)C(C)CN)CC(C)O1. The Morgan fingerprint density at radius 1 is 1.35 bits per heavy atom. The van der Waals surface area contributed by atoms with Crippen LogP contribution in [-0.4, -0.2) is 66.7 Å². The van der Waals surface area contributed by atoms with Gasteiger partial charge in [-0.15, -0.1) is 0 Å². The Bertz CT molecular complexity index is 327. The van der Waals surface area contributed by atoms with E-state index in [4.69, 9.17) is 10.5 Å². The van der Waals surface area contributed by atoms with E-state index < -0.39 is 0 Å². The lowest BCUT2D eigenvalue weighted by atomic mass is 10.1. The summed E-state index contributed by atoms with van der Waals surface area (Å²) in [6.45, 7) is 10.4. The quantitative estimate of drug-likeness (QED) is 0.824. The van der Waals surface area contributed by atoms with Gasteiger partial charge in [-0.05, 0) is 26.7 Å². The van der Waals surface area contributed by atoms with Crippen LogP contribution in [0.5, 0.6) is 0 Å². The van der Waals surface area contributed by atoms with Gasteiger partial charge in [-0.2, -0.15) is 0 Å². The second-order valence-corrected chi connectivity index (χ2v) is 6.44. The van der Waals surface area contributed by atoms with E-state index in [2.05, 4.69) is 23.6 Å². The minimum absolute atomic E-state index is 0.0573. The Labute approximate surface area is 122 Å². The fourth-order valence-electron chi connectivity index (χ4n) is 3.43. The van der Waals surface area contributed by atoms with Gasteiger partial charge in [-0.3, -0.25) is 9.69 Å². The van der Waals surface area contributed by atoms with E-state index in [0.29, 0.717) is 12.6 Å². The number of nitrogens with two attached hydrogens (primary N) is 1. The third kappa shape index (κ3) is 3.71. The Hall–Kier alpha value is -0.650. The van der Waals surface area contributed by atoms with Crippen LogP contribution >= 0.6 is 0 Å². The van der Waals surface area contributed by atoms with E-state index in [1.165, 1.54) is 0 Å².